The van der Waals surface area contributed by atoms with E-state index in [9.17, 15) is 22.4 Å². The molecule has 11 heteroatoms. The molecule has 0 aliphatic carbocycles. The smallest absolute Gasteiger partial charge is 0.422 e. The van der Waals surface area contributed by atoms with E-state index in [0.29, 0.717) is 6.54 Å². The summed E-state index contributed by atoms with van der Waals surface area (Å²) < 4.78 is 61.2. The summed E-state index contributed by atoms with van der Waals surface area (Å²) in [4.78, 5) is 17.8. The van der Waals surface area contributed by atoms with Crippen LogP contribution in [0.25, 0.3) is 0 Å². The molecule has 1 aromatic heterocycles. The predicted molar refractivity (Wildman–Crippen MR) is 102 cm³/mol. The Morgan fingerprint density at radius 2 is 2.00 bits per heavy atom. The Labute approximate surface area is 179 Å². The van der Waals surface area contributed by atoms with Gasteiger partial charge in [0, 0.05) is 24.7 Å². The number of rotatable bonds is 5. The van der Waals surface area contributed by atoms with Crippen LogP contribution in [0.15, 0.2) is 24.4 Å². The zero-order chi connectivity index (χ0) is 22.1. The van der Waals surface area contributed by atoms with Crippen molar-refractivity contribution < 1.29 is 31.8 Å². The summed E-state index contributed by atoms with van der Waals surface area (Å²) in [6.45, 7) is 0.880. The Hall–Kier alpha value is -2.26. The summed E-state index contributed by atoms with van der Waals surface area (Å²) in [5.41, 5.74) is -0.173. The van der Waals surface area contributed by atoms with Crippen molar-refractivity contribution in [2.45, 2.75) is 32.0 Å². The number of benzene rings is 1. The van der Waals surface area contributed by atoms with Crippen molar-refractivity contribution >= 4 is 29.1 Å². The second kappa shape index (κ2) is 8.85. The lowest BCUT2D eigenvalue weighted by Crippen LogP contribution is -2.34. The number of carbonyl (C=O) groups excluding carboxylic acids is 1. The first-order chi connectivity index (χ1) is 14.0. The number of hydrogen-bond donors (Lipinski definition) is 0. The largest absolute Gasteiger partial charge is 0.467 e. The fourth-order valence-corrected chi connectivity index (χ4v) is 3.42. The normalized spacial score (nSPS) is 16.6. The van der Waals surface area contributed by atoms with Gasteiger partial charge >= 0.3 is 6.18 Å². The van der Waals surface area contributed by atoms with E-state index in [2.05, 4.69) is 9.72 Å². The first-order valence-electron chi connectivity index (χ1n) is 8.88. The van der Waals surface area contributed by atoms with E-state index in [1.54, 1.807) is 4.90 Å². The summed E-state index contributed by atoms with van der Waals surface area (Å²) in [6, 6.07) is 3.30. The molecule has 1 amide bonds. The number of aromatic nitrogens is 1. The third-order valence-corrected chi connectivity index (χ3v) is 5.01. The molecule has 1 aromatic carbocycles. The Morgan fingerprint density at radius 3 is 2.60 bits per heavy atom. The Morgan fingerprint density at radius 1 is 1.27 bits per heavy atom. The number of ether oxygens (including phenoxy) is 2. The van der Waals surface area contributed by atoms with Crippen LogP contribution in [0.4, 0.5) is 17.6 Å². The van der Waals surface area contributed by atoms with Crippen molar-refractivity contribution in [2.24, 2.45) is 0 Å². The van der Waals surface area contributed by atoms with Gasteiger partial charge in [0.1, 0.15) is 22.3 Å². The third kappa shape index (κ3) is 5.26. The molecule has 2 heterocycles. The maximum atomic E-state index is 14.6. The van der Waals surface area contributed by atoms with Gasteiger partial charge in [-0.25, -0.2) is 9.37 Å². The van der Waals surface area contributed by atoms with Crippen molar-refractivity contribution in [1.29, 1.82) is 0 Å². The summed E-state index contributed by atoms with van der Waals surface area (Å²) in [5, 5.41) is -0.261. The quantitative estimate of drug-likeness (QED) is 0.515. The van der Waals surface area contributed by atoms with Gasteiger partial charge in [0.05, 0.1) is 16.8 Å². The maximum Gasteiger partial charge on any atom is 0.422 e. The molecule has 1 aliphatic rings. The van der Waals surface area contributed by atoms with Crippen LogP contribution in [-0.2, 0) is 0 Å². The van der Waals surface area contributed by atoms with Gasteiger partial charge in [-0.15, -0.1) is 0 Å². The molecular formula is C19H16Cl2F4N2O3. The standard InChI is InChI=1S/C19H16Cl2F4N2O3/c1-10-3-2-4-27(10)18(28)12-6-13(20)16(7-15(12)22)30-11-5-14(21)17(26-8-11)29-9-19(23,24)25/h5-8,10H,2-4,9H2,1H3/t10-/m1/s1. The zero-order valence-electron chi connectivity index (χ0n) is 15.6. The monoisotopic (exact) mass is 466 g/mol. The topological polar surface area (TPSA) is 51.7 Å². The predicted octanol–water partition coefficient (Wildman–Crippen LogP) is 5.89. The lowest BCUT2D eigenvalue weighted by molar-refractivity contribution is -0.154. The first-order valence-corrected chi connectivity index (χ1v) is 9.63. The van der Waals surface area contributed by atoms with Crippen LogP contribution in [0.1, 0.15) is 30.1 Å². The summed E-state index contributed by atoms with van der Waals surface area (Å²) in [7, 11) is 0. The molecule has 1 aliphatic heterocycles. The molecule has 0 spiro atoms. The molecule has 0 radical (unpaired) electrons. The molecule has 1 saturated heterocycles. The SMILES string of the molecule is C[C@@H]1CCCN1C(=O)c1cc(Cl)c(Oc2cnc(OCC(F)(F)F)c(Cl)c2)cc1F. The fourth-order valence-electron chi connectivity index (χ4n) is 3.01. The van der Waals surface area contributed by atoms with Crippen LogP contribution in [0.3, 0.4) is 0 Å². The molecule has 30 heavy (non-hydrogen) atoms. The molecule has 0 N–H and O–H groups in total. The second-order valence-corrected chi connectivity index (χ2v) is 7.53. The van der Waals surface area contributed by atoms with Crippen molar-refractivity contribution in [2.75, 3.05) is 13.2 Å². The Kier molecular flexibility index (Phi) is 6.62. The van der Waals surface area contributed by atoms with Crippen molar-refractivity contribution in [3.05, 3.63) is 45.8 Å². The highest BCUT2D eigenvalue weighted by Crippen LogP contribution is 2.35. The van der Waals surface area contributed by atoms with Crippen LogP contribution in [0, 0.1) is 5.82 Å². The molecule has 1 fully saturated rings. The molecule has 3 rings (SSSR count). The molecule has 0 bridgehead atoms. The summed E-state index contributed by atoms with van der Waals surface area (Å²) >= 11 is 12.0. The van der Waals surface area contributed by atoms with E-state index in [1.165, 1.54) is 6.07 Å². The van der Waals surface area contributed by atoms with E-state index in [1.807, 2.05) is 6.92 Å². The second-order valence-electron chi connectivity index (χ2n) is 6.72. The lowest BCUT2D eigenvalue weighted by Gasteiger charge is -2.22. The van der Waals surface area contributed by atoms with Crippen LogP contribution in [0.5, 0.6) is 17.4 Å². The number of hydrogen-bond acceptors (Lipinski definition) is 4. The van der Waals surface area contributed by atoms with Crippen LogP contribution >= 0.6 is 23.2 Å². The average molecular weight is 467 g/mol. The van der Waals surface area contributed by atoms with Gasteiger partial charge in [-0.3, -0.25) is 4.79 Å². The molecule has 5 nitrogen and oxygen atoms in total. The van der Waals surface area contributed by atoms with Crippen molar-refractivity contribution in [1.82, 2.24) is 9.88 Å². The molecule has 0 unspecified atom stereocenters. The number of carbonyl (C=O) groups is 1. The van der Waals surface area contributed by atoms with E-state index in [-0.39, 0.29) is 33.1 Å². The van der Waals surface area contributed by atoms with E-state index >= 15 is 0 Å². The Balaban J connectivity index is 1.76. The minimum Gasteiger partial charge on any atom is -0.467 e. The fraction of sp³-hybridized carbons (Fsp3) is 0.368. The van der Waals surface area contributed by atoms with Gasteiger partial charge in [-0.2, -0.15) is 13.2 Å². The lowest BCUT2D eigenvalue weighted by atomic mass is 10.1. The van der Waals surface area contributed by atoms with Crippen LogP contribution < -0.4 is 9.47 Å². The highest BCUT2D eigenvalue weighted by atomic mass is 35.5. The minimum absolute atomic E-state index is 0.00657. The van der Waals surface area contributed by atoms with Gasteiger partial charge in [0.15, 0.2) is 6.61 Å². The van der Waals surface area contributed by atoms with Gasteiger partial charge in [-0.1, -0.05) is 23.2 Å². The molecular weight excluding hydrogens is 451 g/mol. The Bertz CT molecular complexity index is 956. The molecule has 0 saturated carbocycles. The van der Waals surface area contributed by atoms with E-state index < -0.39 is 30.4 Å². The van der Waals surface area contributed by atoms with Crippen molar-refractivity contribution in [3.63, 3.8) is 0 Å². The average Bonchev–Trinajstić information content (AvgIpc) is 3.08. The van der Waals surface area contributed by atoms with Gasteiger partial charge in [0.2, 0.25) is 5.88 Å². The number of pyridine rings is 1. The van der Waals surface area contributed by atoms with Gasteiger partial charge < -0.3 is 14.4 Å². The number of nitrogens with zero attached hydrogens (tertiary/aromatic N) is 2. The first kappa shape index (κ1) is 22.4. The molecule has 2 aromatic rings. The van der Waals surface area contributed by atoms with Crippen LogP contribution in [-0.4, -0.2) is 41.2 Å². The summed E-state index contributed by atoms with van der Waals surface area (Å²) in [6.07, 6.45) is -1.80. The third-order valence-electron chi connectivity index (χ3n) is 4.45. The zero-order valence-corrected chi connectivity index (χ0v) is 17.1. The molecule has 1 atom stereocenters. The number of amides is 1. The minimum atomic E-state index is -4.54. The van der Waals surface area contributed by atoms with Gasteiger partial charge in [-0.05, 0) is 25.8 Å². The number of halogens is 6. The number of alkyl halides is 3. The maximum absolute atomic E-state index is 14.6. The highest BCUT2D eigenvalue weighted by Gasteiger charge is 2.30. The van der Waals surface area contributed by atoms with E-state index in [0.717, 1.165) is 31.2 Å². The van der Waals surface area contributed by atoms with Crippen molar-refractivity contribution in [3.8, 4) is 17.4 Å². The van der Waals surface area contributed by atoms with Gasteiger partial charge in [0.25, 0.3) is 5.91 Å². The van der Waals surface area contributed by atoms with Crippen LogP contribution in [0.2, 0.25) is 10.0 Å². The van der Waals surface area contributed by atoms with E-state index in [4.69, 9.17) is 27.9 Å². The highest BCUT2D eigenvalue weighted by molar-refractivity contribution is 6.32. The summed E-state index contributed by atoms with van der Waals surface area (Å²) in [5.74, 6) is -1.82. The number of likely N-dealkylation sites (tertiary alicyclic amines) is 1. The molecule has 162 valence electrons.